The van der Waals surface area contributed by atoms with E-state index in [1.54, 1.807) is 0 Å². The molecule has 5 heterocycles. The Hall–Kier alpha value is -4.51. The molecule has 11 heteroatoms. The minimum absolute atomic E-state index is 0.0835. The second kappa shape index (κ2) is 13.7. The van der Waals surface area contributed by atoms with E-state index in [-0.39, 0.29) is 29.0 Å². The number of aryl methyl sites for hydroxylation is 2. The van der Waals surface area contributed by atoms with E-state index in [1.165, 1.54) is 6.07 Å². The monoisotopic (exact) mass is 721 g/mol. The van der Waals surface area contributed by atoms with Crippen LogP contribution in [-0.4, -0.2) is 69.4 Å². The molecule has 2 saturated heterocycles. The van der Waals surface area contributed by atoms with Gasteiger partial charge in [-0.15, -0.1) is 0 Å². The number of fused-ring (bicyclic) bond motifs is 1. The van der Waals surface area contributed by atoms with Gasteiger partial charge >= 0.3 is 6.09 Å². The number of nitrogens with zero attached hydrogens (tertiary/aromatic N) is 6. The van der Waals surface area contributed by atoms with Gasteiger partial charge in [0.05, 0.1) is 29.1 Å². The third-order valence-electron chi connectivity index (χ3n) is 11.6. The zero-order valence-electron chi connectivity index (χ0n) is 31.7. The van der Waals surface area contributed by atoms with Crippen molar-refractivity contribution in [2.24, 2.45) is 5.41 Å². The van der Waals surface area contributed by atoms with Crippen molar-refractivity contribution in [3.8, 4) is 0 Å². The lowest BCUT2D eigenvalue weighted by Gasteiger charge is -2.40. The molecule has 10 nitrogen and oxygen atoms in total. The van der Waals surface area contributed by atoms with Crippen LogP contribution >= 0.6 is 0 Å². The molecule has 4 aliphatic rings. The number of carbonyl (C=O) groups is 1. The number of halogens is 1. The highest BCUT2D eigenvalue weighted by Gasteiger charge is 2.56. The highest BCUT2D eigenvalue weighted by molar-refractivity contribution is 5.84. The Kier molecular flexibility index (Phi) is 9.19. The van der Waals surface area contributed by atoms with Crippen molar-refractivity contribution < 1.29 is 13.9 Å². The van der Waals surface area contributed by atoms with Gasteiger partial charge in [-0.05, 0) is 115 Å². The molecule has 1 N–H and O–H groups in total. The number of hydrogen-bond acceptors (Lipinski definition) is 8. The summed E-state index contributed by atoms with van der Waals surface area (Å²) >= 11 is 0. The van der Waals surface area contributed by atoms with Gasteiger partial charge in [-0.3, -0.25) is 19.7 Å². The number of amides is 1. The molecule has 280 valence electrons. The van der Waals surface area contributed by atoms with Gasteiger partial charge in [0.2, 0.25) is 0 Å². The Labute approximate surface area is 311 Å². The third-order valence-corrected chi connectivity index (χ3v) is 11.6. The van der Waals surface area contributed by atoms with Crippen molar-refractivity contribution >= 4 is 28.4 Å². The number of alkyl carbamates (subject to hydrolysis) is 1. The van der Waals surface area contributed by atoms with E-state index in [2.05, 4.69) is 65.0 Å². The van der Waals surface area contributed by atoms with Crippen LogP contribution in [-0.2, 0) is 17.8 Å². The second-order valence-corrected chi connectivity index (χ2v) is 17.0. The summed E-state index contributed by atoms with van der Waals surface area (Å²) < 4.78 is 24.1. The molecule has 1 unspecified atom stereocenters. The van der Waals surface area contributed by atoms with E-state index in [0.717, 1.165) is 79.8 Å². The van der Waals surface area contributed by atoms with Gasteiger partial charge in [0.1, 0.15) is 11.4 Å². The molecule has 1 spiro atoms. The van der Waals surface area contributed by atoms with Gasteiger partial charge in [0.25, 0.3) is 0 Å². The number of ether oxygens (including phenoxy) is 1. The molecule has 2 atom stereocenters. The lowest BCUT2D eigenvalue weighted by molar-refractivity contribution is 0.0493. The summed E-state index contributed by atoms with van der Waals surface area (Å²) in [7, 11) is 0. The summed E-state index contributed by atoms with van der Waals surface area (Å²) in [6.45, 7) is 13.6. The largest absolute Gasteiger partial charge is 0.444 e. The van der Waals surface area contributed by atoms with Crippen molar-refractivity contribution in [3.63, 3.8) is 0 Å². The van der Waals surface area contributed by atoms with Crippen LogP contribution in [0.3, 0.4) is 0 Å². The number of rotatable bonds is 9. The first-order chi connectivity index (χ1) is 25.3. The maximum Gasteiger partial charge on any atom is 0.407 e. The number of piperidine rings is 1. The van der Waals surface area contributed by atoms with Crippen LogP contribution < -0.4 is 20.5 Å². The topological polar surface area (TPSA) is 95.8 Å². The lowest BCUT2D eigenvalue weighted by atomic mass is 10.0. The van der Waals surface area contributed by atoms with E-state index < -0.39 is 17.5 Å². The Balaban J connectivity index is 1.10. The van der Waals surface area contributed by atoms with Crippen molar-refractivity contribution in [1.29, 1.82) is 0 Å². The quantitative estimate of drug-likeness (QED) is 0.197. The molecule has 1 amide bonds. The Morgan fingerprint density at radius 2 is 1.83 bits per heavy atom. The molecular weight excluding hydrogens is 670 g/mol. The van der Waals surface area contributed by atoms with E-state index >= 15 is 4.39 Å². The van der Waals surface area contributed by atoms with Crippen LogP contribution in [0.2, 0.25) is 0 Å². The van der Waals surface area contributed by atoms with E-state index in [4.69, 9.17) is 4.74 Å². The first-order valence-electron chi connectivity index (χ1n) is 19.3. The molecule has 0 radical (unpaired) electrons. The normalized spacial score (nSPS) is 21.1. The standard InChI is InChI=1S/C42H52FN7O3/c1-27-8-9-32(20-45-27)47-16-6-7-33(24-47)48(21-29-12-15-44-28(2)17-29)22-30-23-50(31-10-11-31)36-19-37(35(43)18-34(36)39(30)51)49-25-38(42(26-49)13-14-42)46-40(52)53-41(3,4)5/h8-9,12,15,17-20,23,31,33,38H,6-7,10-11,13-14,16,21-22,24-26H2,1-5H3,(H,46,52)/t33-,38?/m0/s1. The van der Waals surface area contributed by atoms with Crippen LogP contribution in [0, 0.1) is 25.1 Å². The zero-order valence-corrected chi connectivity index (χ0v) is 31.7. The molecule has 4 fully saturated rings. The Morgan fingerprint density at radius 3 is 2.53 bits per heavy atom. The van der Waals surface area contributed by atoms with Gasteiger partial charge in [-0.1, -0.05) is 0 Å². The highest BCUT2D eigenvalue weighted by atomic mass is 19.1. The number of nitrogens with one attached hydrogen (secondary N) is 1. The van der Waals surface area contributed by atoms with Crippen molar-refractivity contribution in [2.75, 3.05) is 36.0 Å². The second-order valence-electron chi connectivity index (χ2n) is 17.0. The highest BCUT2D eigenvalue weighted by Crippen LogP contribution is 2.54. The molecular formula is C42H52FN7O3. The summed E-state index contributed by atoms with van der Waals surface area (Å²) in [5, 5.41) is 3.51. The lowest BCUT2D eigenvalue weighted by Crippen LogP contribution is -2.48. The minimum Gasteiger partial charge on any atom is -0.444 e. The van der Waals surface area contributed by atoms with Crippen LogP contribution in [0.25, 0.3) is 10.9 Å². The summed E-state index contributed by atoms with van der Waals surface area (Å²) in [5.74, 6) is -0.401. The van der Waals surface area contributed by atoms with Crippen molar-refractivity contribution in [3.05, 3.63) is 93.5 Å². The van der Waals surface area contributed by atoms with Gasteiger partial charge in [-0.25, -0.2) is 9.18 Å². The molecule has 53 heavy (non-hydrogen) atoms. The predicted octanol–water partition coefficient (Wildman–Crippen LogP) is 7.05. The maximum absolute atomic E-state index is 16.3. The zero-order chi connectivity index (χ0) is 37.1. The fourth-order valence-corrected chi connectivity index (χ4v) is 8.50. The SMILES string of the molecule is Cc1ccc(N2CCC[C@H](N(Cc3ccnc(C)c3)Cc3cn(C4CC4)c4cc(N5CC(NC(=O)OC(C)(C)C)C6(CC6)C5)c(F)cc4c3=O)C2)cn1. The third kappa shape index (κ3) is 7.63. The van der Waals surface area contributed by atoms with E-state index in [1.807, 2.05) is 53.1 Å². The summed E-state index contributed by atoms with van der Waals surface area (Å²) in [6, 6.07) is 12.1. The molecule has 2 aliphatic carbocycles. The molecule has 8 rings (SSSR count). The number of aromatic nitrogens is 3. The van der Waals surface area contributed by atoms with Crippen molar-refractivity contribution in [2.45, 2.75) is 110 Å². The van der Waals surface area contributed by atoms with Crippen LogP contribution in [0.5, 0.6) is 0 Å². The Bertz CT molecular complexity index is 2070. The first-order valence-corrected chi connectivity index (χ1v) is 19.3. The predicted molar refractivity (Wildman–Crippen MR) is 206 cm³/mol. The molecule has 4 aromatic rings. The summed E-state index contributed by atoms with van der Waals surface area (Å²) in [6.07, 6.45) is 11.5. The van der Waals surface area contributed by atoms with Gasteiger partial charge in [0, 0.05) is 91.5 Å². The van der Waals surface area contributed by atoms with Gasteiger partial charge < -0.3 is 24.4 Å². The maximum atomic E-state index is 16.3. The Morgan fingerprint density at radius 1 is 1.02 bits per heavy atom. The minimum atomic E-state index is -0.597. The fraction of sp³-hybridized carbons (Fsp3) is 0.524. The molecule has 2 aliphatic heterocycles. The summed E-state index contributed by atoms with van der Waals surface area (Å²) in [5.41, 5.74) is 5.39. The first kappa shape index (κ1) is 35.5. The number of carbonyl (C=O) groups excluding carboxylic acids is 1. The smallest absolute Gasteiger partial charge is 0.407 e. The molecule has 0 bridgehead atoms. The average molecular weight is 722 g/mol. The van der Waals surface area contributed by atoms with E-state index in [0.29, 0.717) is 42.8 Å². The number of anilines is 2. The number of hydrogen-bond donors (Lipinski definition) is 1. The van der Waals surface area contributed by atoms with Crippen LogP contribution in [0.1, 0.15) is 87.9 Å². The number of benzene rings is 1. The van der Waals surface area contributed by atoms with Gasteiger partial charge in [-0.2, -0.15) is 0 Å². The van der Waals surface area contributed by atoms with E-state index in [9.17, 15) is 9.59 Å². The van der Waals surface area contributed by atoms with Crippen molar-refractivity contribution in [1.82, 2.24) is 24.8 Å². The molecule has 2 saturated carbocycles. The molecule has 3 aromatic heterocycles. The summed E-state index contributed by atoms with van der Waals surface area (Å²) in [4.78, 5) is 43.0. The fourth-order valence-electron chi connectivity index (χ4n) is 8.50. The molecule has 1 aromatic carbocycles. The van der Waals surface area contributed by atoms with Crippen LogP contribution in [0.15, 0.2) is 59.8 Å². The van der Waals surface area contributed by atoms with Gasteiger partial charge in [0.15, 0.2) is 5.43 Å². The van der Waals surface area contributed by atoms with Crippen LogP contribution in [0.4, 0.5) is 20.6 Å². The number of pyridine rings is 3. The average Bonchev–Trinajstić information content (AvgIpc) is 4.04.